The lowest BCUT2D eigenvalue weighted by Crippen LogP contribution is -2.55. The molecule has 4 atom stereocenters. The zero-order chi connectivity index (χ0) is 14.7. The van der Waals surface area contributed by atoms with Gasteiger partial charge in [-0.1, -0.05) is 41.4 Å². The molecule has 0 aromatic rings. The summed E-state index contributed by atoms with van der Waals surface area (Å²) in [6, 6.07) is 0. The van der Waals surface area contributed by atoms with E-state index in [0.29, 0.717) is 0 Å². The van der Waals surface area contributed by atoms with Crippen molar-refractivity contribution in [2.24, 2.45) is 17.3 Å². The lowest BCUT2D eigenvalue weighted by atomic mass is 9.90. The van der Waals surface area contributed by atoms with Gasteiger partial charge in [-0.2, -0.15) is 13.2 Å². The Labute approximate surface area is 115 Å². The van der Waals surface area contributed by atoms with Gasteiger partial charge in [0.15, 0.2) is 0 Å². The maximum atomic E-state index is 12.8. The molecule has 8 heteroatoms. The van der Waals surface area contributed by atoms with E-state index >= 15 is 0 Å². The zero-order valence-electron chi connectivity index (χ0n) is 9.85. The maximum Gasteiger partial charge on any atom is 0.420 e. The van der Waals surface area contributed by atoms with Crippen LogP contribution >= 0.6 is 27.5 Å². The highest BCUT2D eigenvalue weighted by molar-refractivity contribution is 9.10. The summed E-state index contributed by atoms with van der Waals surface area (Å²) in [5.41, 5.74) is -3.39. The third kappa shape index (κ3) is 2.04. The second-order valence-corrected chi connectivity index (χ2v) is 7.55. The number of hydrogen-bond acceptors (Lipinski definition) is 2. The SMILES string of the molecule is CC1(C)C(C(=O)O)C1C(C)(O)C(Cl)(Br)C(F)(F)F. The van der Waals surface area contributed by atoms with E-state index in [1.165, 1.54) is 13.8 Å². The first-order chi connectivity index (χ1) is 7.69. The summed E-state index contributed by atoms with van der Waals surface area (Å²) in [5.74, 6) is -3.40. The van der Waals surface area contributed by atoms with E-state index in [1.54, 1.807) is 0 Å². The number of aliphatic carboxylic acids is 1. The van der Waals surface area contributed by atoms with Gasteiger partial charge >= 0.3 is 12.1 Å². The fourth-order valence-corrected chi connectivity index (χ4v) is 2.99. The molecule has 1 rings (SSSR count). The summed E-state index contributed by atoms with van der Waals surface area (Å²) in [4.78, 5) is 11.0. The van der Waals surface area contributed by atoms with E-state index in [1.807, 2.05) is 0 Å². The minimum Gasteiger partial charge on any atom is -0.481 e. The summed E-state index contributed by atoms with van der Waals surface area (Å²) in [6.45, 7) is 3.88. The van der Waals surface area contributed by atoms with Crippen LogP contribution in [0, 0.1) is 17.3 Å². The highest BCUT2D eigenvalue weighted by Crippen LogP contribution is 2.68. The molecule has 1 aliphatic rings. The third-order valence-corrected chi connectivity index (χ3v) is 5.54. The predicted molar refractivity (Wildman–Crippen MR) is 62.6 cm³/mol. The Kier molecular flexibility index (Phi) is 3.56. The van der Waals surface area contributed by atoms with Gasteiger partial charge in [-0.05, 0) is 12.3 Å². The monoisotopic (exact) mass is 352 g/mol. The van der Waals surface area contributed by atoms with Crippen LogP contribution in [0.1, 0.15) is 20.8 Å². The first-order valence-corrected chi connectivity index (χ1v) is 6.26. The van der Waals surface area contributed by atoms with Crippen LogP contribution in [0.25, 0.3) is 0 Å². The molecule has 0 bridgehead atoms. The van der Waals surface area contributed by atoms with Gasteiger partial charge in [0.25, 0.3) is 0 Å². The molecule has 18 heavy (non-hydrogen) atoms. The summed E-state index contributed by atoms with van der Waals surface area (Å²) < 4.78 is 35.3. The van der Waals surface area contributed by atoms with Crippen LogP contribution in [0.2, 0.25) is 0 Å². The minimum absolute atomic E-state index is 0.900. The van der Waals surface area contributed by atoms with E-state index in [0.717, 1.165) is 6.92 Å². The molecule has 0 aromatic carbocycles. The predicted octanol–water partition coefficient (Wildman–Crippen LogP) is 2.99. The van der Waals surface area contributed by atoms with Crippen LogP contribution in [-0.4, -0.2) is 31.7 Å². The first kappa shape index (κ1) is 16.0. The molecule has 0 aromatic heterocycles. The number of alkyl halides is 5. The molecular formula is C10H13BrClF3O3. The number of halogens is 5. The molecule has 0 amide bonds. The fraction of sp³-hybridized carbons (Fsp3) is 0.900. The van der Waals surface area contributed by atoms with Gasteiger partial charge < -0.3 is 10.2 Å². The van der Waals surface area contributed by atoms with Crippen LogP contribution in [0.15, 0.2) is 0 Å². The first-order valence-electron chi connectivity index (χ1n) is 5.08. The zero-order valence-corrected chi connectivity index (χ0v) is 12.2. The summed E-state index contributed by atoms with van der Waals surface area (Å²) >= 11 is 7.68. The van der Waals surface area contributed by atoms with Crippen molar-refractivity contribution >= 4 is 33.5 Å². The van der Waals surface area contributed by atoms with Crippen molar-refractivity contribution in [3.05, 3.63) is 0 Å². The number of hydrogen-bond donors (Lipinski definition) is 2. The van der Waals surface area contributed by atoms with Crippen molar-refractivity contribution in [1.82, 2.24) is 0 Å². The Morgan fingerprint density at radius 2 is 1.78 bits per heavy atom. The van der Waals surface area contributed by atoms with Gasteiger partial charge in [0.1, 0.15) is 5.60 Å². The molecule has 1 aliphatic carbocycles. The highest BCUT2D eigenvalue weighted by atomic mass is 79.9. The third-order valence-electron chi connectivity index (χ3n) is 3.69. The van der Waals surface area contributed by atoms with E-state index < -0.39 is 38.8 Å². The maximum absolute atomic E-state index is 12.8. The topological polar surface area (TPSA) is 57.5 Å². The molecule has 3 nitrogen and oxygen atoms in total. The lowest BCUT2D eigenvalue weighted by Gasteiger charge is -2.38. The largest absolute Gasteiger partial charge is 0.481 e. The van der Waals surface area contributed by atoms with Crippen molar-refractivity contribution < 1.29 is 28.2 Å². The van der Waals surface area contributed by atoms with Crippen LogP contribution in [0.5, 0.6) is 0 Å². The summed E-state index contributed by atoms with van der Waals surface area (Å²) in [7, 11) is 0. The molecule has 0 spiro atoms. The normalized spacial score (nSPS) is 33.4. The summed E-state index contributed by atoms with van der Waals surface area (Å²) in [5, 5.41) is 19.1. The molecule has 0 saturated heterocycles. The molecule has 0 aliphatic heterocycles. The number of rotatable bonds is 3. The van der Waals surface area contributed by atoms with Gasteiger partial charge in [-0.3, -0.25) is 4.79 Å². The molecule has 0 radical (unpaired) electrons. The quantitative estimate of drug-likeness (QED) is 0.767. The van der Waals surface area contributed by atoms with Crippen molar-refractivity contribution in [3.8, 4) is 0 Å². The smallest absolute Gasteiger partial charge is 0.420 e. The number of carboxylic acid groups (broad SMARTS) is 1. The fourth-order valence-electron chi connectivity index (χ4n) is 2.63. The van der Waals surface area contributed by atoms with Crippen molar-refractivity contribution in [1.29, 1.82) is 0 Å². The van der Waals surface area contributed by atoms with Crippen LogP contribution in [0.4, 0.5) is 13.2 Å². The molecule has 4 unspecified atom stereocenters. The highest BCUT2D eigenvalue weighted by Gasteiger charge is 2.77. The molecule has 0 heterocycles. The second-order valence-electron chi connectivity index (χ2n) is 5.33. The number of carbonyl (C=O) groups is 1. The van der Waals surface area contributed by atoms with E-state index in [-0.39, 0.29) is 0 Å². The average molecular weight is 354 g/mol. The van der Waals surface area contributed by atoms with Gasteiger partial charge in [0.2, 0.25) is 3.78 Å². The van der Waals surface area contributed by atoms with E-state index in [4.69, 9.17) is 16.7 Å². The molecule has 106 valence electrons. The van der Waals surface area contributed by atoms with Crippen molar-refractivity contribution in [3.63, 3.8) is 0 Å². The molecule has 1 fully saturated rings. The Hall–Kier alpha value is -0.0100. The number of aliphatic hydroxyl groups is 1. The molecular weight excluding hydrogens is 340 g/mol. The second kappa shape index (κ2) is 3.99. The Morgan fingerprint density at radius 3 is 2.00 bits per heavy atom. The van der Waals surface area contributed by atoms with Crippen molar-refractivity contribution in [2.75, 3.05) is 0 Å². The Balaban J connectivity index is 3.14. The summed E-state index contributed by atoms with van der Waals surface area (Å²) in [6.07, 6.45) is -4.92. The lowest BCUT2D eigenvalue weighted by molar-refractivity contribution is -0.184. The number of carboxylic acids is 1. The van der Waals surface area contributed by atoms with Gasteiger partial charge in [-0.15, -0.1) is 0 Å². The van der Waals surface area contributed by atoms with E-state index in [2.05, 4.69) is 15.9 Å². The van der Waals surface area contributed by atoms with Gasteiger partial charge in [-0.25, -0.2) is 0 Å². The standard InChI is InChI=1S/C10H13BrClF3O3/c1-7(2)4(6(16)17)5(7)8(3,18)9(11,12)10(13,14)15/h4-5,18H,1-3H3,(H,16,17). The van der Waals surface area contributed by atoms with E-state index in [9.17, 15) is 23.1 Å². The van der Waals surface area contributed by atoms with Crippen LogP contribution < -0.4 is 0 Å². The average Bonchev–Trinajstić information content (AvgIpc) is 2.67. The van der Waals surface area contributed by atoms with Crippen molar-refractivity contribution in [2.45, 2.75) is 36.3 Å². The van der Waals surface area contributed by atoms with Crippen LogP contribution in [0.3, 0.4) is 0 Å². The van der Waals surface area contributed by atoms with Gasteiger partial charge in [0.05, 0.1) is 5.92 Å². The van der Waals surface area contributed by atoms with Gasteiger partial charge in [0, 0.05) is 5.92 Å². The molecule has 2 N–H and O–H groups in total. The molecule has 1 saturated carbocycles. The Morgan fingerprint density at radius 1 is 1.39 bits per heavy atom. The van der Waals surface area contributed by atoms with Crippen LogP contribution in [-0.2, 0) is 4.79 Å². The Bertz CT molecular complexity index is 379. The minimum atomic E-state index is -4.92.